The quantitative estimate of drug-likeness (QED) is 0.699. The van der Waals surface area contributed by atoms with Crippen molar-refractivity contribution in [2.24, 2.45) is 5.73 Å². The minimum atomic E-state index is -0.297. The number of rotatable bonds is 1. The third kappa shape index (κ3) is 1.79. The van der Waals surface area contributed by atoms with Gasteiger partial charge in [-0.2, -0.15) is 0 Å². The normalized spacial score (nSPS) is 12.1. The predicted molar refractivity (Wildman–Crippen MR) is 48.8 cm³/mol. The second-order valence-electron chi connectivity index (χ2n) is 3.36. The van der Waals surface area contributed by atoms with Crippen molar-refractivity contribution in [3.8, 4) is 0 Å². The largest absolute Gasteiger partial charge is 0.321 e. The molecule has 0 amide bonds. The first-order valence-corrected chi connectivity index (χ1v) is 4.46. The second-order valence-corrected chi connectivity index (χ2v) is 4.77. The summed E-state index contributed by atoms with van der Waals surface area (Å²) >= 11 is 1.70. The summed E-state index contributed by atoms with van der Waals surface area (Å²) in [7, 11) is 0. The molecule has 0 bridgehead atoms. The van der Waals surface area contributed by atoms with E-state index in [1.807, 2.05) is 20.8 Å². The zero-order chi connectivity index (χ0) is 8.65. The Kier molecular flexibility index (Phi) is 2.03. The molecule has 0 saturated carbocycles. The fraction of sp³-hybridized carbons (Fsp3) is 0.625. The van der Waals surface area contributed by atoms with Gasteiger partial charge in [0, 0.05) is 4.88 Å². The van der Waals surface area contributed by atoms with E-state index in [0.717, 1.165) is 10.7 Å². The molecule has 0 aliphatic heterocycles. The van der Waals surface area contributed by atoms with Crippen molar-refractivity contribution in [1.82, 2.24) is 4.98 Å². The molecule has 1 heterocycles. The fourth-order valence-corrected chi connectivity index (χ4v) is 2.11. The van der Waals surface area contributed by atoms with Gasteiger partial charge in [0.2, 0.25) is 0 Å². The summed E-state index contributed by atoms with van der Waals surface area (Å²) in [4.78, 5) is 5.61. The van der Waals surface area contributed by atoms with E-state index in [-0.39, 0.29) is 5.54 Å². The summed E-state index contributed by atoms with van der Waals surface area (Å²) in [5.41, 5.74) is 6.65. The van der Waals surface area contributed by atoms with Crippen molar-refractivity contribution in [2.45, 2.75) is 33.2 Å². The Balaban J connectivity index is 3.13. The van der Waals surface area contributed by atoms with Crippen molar-refractivity contribution in [3.05, 3.63) is 15.6 Å². The van der Waals surface area contributed by atoms with Crippen LogP contribution in [0.25, 0.3) is 0 Å². The summed E-state index contributed by atoms with van der Waals surface area (Å²) in [6.07, 6.45) is 0. The molecule has 2 N–H and O–H groups in total. The topological polar surface area (TPSA) is 38.9 Å². The van der Waals surface area contributed by atoms with E-state index in [2.05, 4.69) is 11.9 Å². The van der Waals surface area contributed by atoms with Crippen molar-refractivity contribution < 1.29 is 0 Å². The standard InChI is InChI=1S/C8H14N2S/c1-5-7(8(3,4)9)10-6(2)11-5/h9H2,1-4H3. The van der Waals surface area contributed by atoms with E-state index >= 15 is 0 Å². The van der Waals surface area contributed by atoms with Crippen LogP contribution >= 0.6 is 11.3 Å². The van der Waals surface area contributed by atoms with Crippen LogP contribution in [0.3, 0.4) is 0 Å². The van der Waals surface area contributed by atoms with Crippen LogP contribution in [-0.4, -0.2) is 4.98 Å². The van der Waals surface area contributed by atoms with Gasteiger partial charge >= 0.3 is 0 Å². The average molecular weight is 170 g/mol. The number of aromatic nitrogens is 1. The van der Waals surface area contributed by atoms with Crippen LogP contribution in [0.5, 0.6) is 0 Å². The highest BCUT2D eigenvalue weighted by Gasteiger charge is 2.20. The summed E-state index contributed by atoms with van der Waals surface area (Å²) in [5, 5.41) is 1.09. The highest BCUT2D eigenvalue weighted by atomic mass is 32.1. The molecular formula is C8H14N2S. The lowest BCUT2D eigenvalue weighted by atomic mass is 10.0. The number of nitrogens with two attached hydrogens (primary N) is 1. The molecule has 0 spiro atoms. The highest BCUT2D eigenvalue weighted by Crippen LogP contribution is 2.24. The first kappa shape index (κ1) is 8.68. The monoisotopic (exact) mass is 170 g/mol. The van der Waals surface area contributed by atoms with Gasteiger partial charge in [0.1, 0.15) is 0 Å². The molecule has 0 unspecified atom stereocenters. The Labute approximate surface area is 71.5 Å². The minimum Gasteiger partial charge on any atom is -0.321 e. The van der Waals surface area contributed by atoms with Gasteiger partial charge in [-0.1, -0.05) is 0 Å². The van der Waals surface area contributed by atoms with Gasteiger partial charge in [0.05, 0.1) is 16.2 Å². The summed E-state index contributed by atoms with van der Waals surface area (Å²) < 4.78 is 0. The smallest absolute Gasteiger partial charge is 0.0900 e. The zero-order valence-electron chi connectivity index (χ0n) is 7.43. The molecule has 1 aromatic heterocycles. The summed E-state index contributed by atoms with van der Waals surface area (Å²) in [6.45, 7) is 8.03. The number of hydrogen-bond acceptors (Lipinski definition) is 3. The SMILES string of the molecule is Cc1nc(C(C)(C)N)c(C)s1. The van der Waals surface area contributed by atoms with Gasteiger partial charge in [0.25, 0.3) is 0 Å². The molecule has 1 rings (SSSR count). The van der Waals surface area contributed by atoms with Crippen LogP contribution < -0.4 is 5.73 Å². The molecule has 0 aromatic carbocycles. The van der Waals surface area contributed by atoms with Crippen LogP contribution in [0, 0.1) is 13.8 Å². The molecule has 0 fully saturated rings. The van der Waals surface area contributed by atoms with Crippen molar-refractivity contribution in [2.75, 3.05) is 0 Å². The molecule has 0 aliphatic rings. The molecule has 62 valence electrons. The lowest BCUT2D eigenvalue weighted by Crippen LogP contribution is -2.29. The number of nitrogens with zero attached hydrogens (tertiary/aromatic N) is 1. The summed E-state index contributed by atoms with van der Waals surface area (Å²) in [6, 6.07) is 0. The second kappa shape index (κ2) is 2.57. The molecule has 0 radical (unpaired) electrons. The molecule has 11 heavy (non-hydrogen) atoms. The Morgan fingerprint density at radius 2 is 1.91 bits per heavy atom. The zero-order valence-corrected chi connectivity index (χ0v) is 8.25. The first-order chi connectivity index (χ1) is 4.91. The van der Waals surface area contributed by atoms with Gasteiger partial charge in [-0.3, -0.25) is 0 Å². The van der Waals surface area contributed by atoms with Crippen LogP contribution in [0.15, 0.2) is 0 Å². The van der Waals surface area contributed by atoms with Gasteiger partial charge in [-0.25, -0.2) is 4.98 Å². The Morgan fingerprint density at radius 3 is 2.09 bits per heavy atom. The van der Waals surface area contributed by atoms with Crippen molar-refractivity contribution in [3.63, 3.8) is 0 Å². The highest BCUT2D eigenvalue weighted by molar-refractivity contribution is 7.11. The Morgan fingerprint density at radius 1 is 1.36 bits per heavy atom. The number of hydrogen-bond donors (Lipinski definition) is 1. The van der Waals surface area contributed by atoms with Gasteiger partial charge in [-0.05, 0) is 27.7 Å². The molecule has 3 heteroatoms. The maximum absolute atomic E-state index is 5.92. The average Bonchev–Trinajstić information content (AvgIpc) is 2.08. The Bertz CT molecular complexity index is 258. The third-order valence-corrected chi connectivity index (χ3v) is 2.40. The lowest BCUT2D eigenvalue weighted by molar-refractivity contribution is 0.534. The van der Waals surface area contributed by atoms with Crippen LogP contribution in [0.4, 0.5) is 0 Å². The van der Waals surface area contributed by atoms with E-state index in [0.29, 0.717) is 0 Å². The molecule has 0 aliphatic carbocycles. The minimum absolute atomic E-state index is 0.297. The summed E-state index contributed by atoms with van der Waals surface area (Å²) in [5.74, 6) is 0. The van der Waals surface area contributed by atoms with Gasteiger partial charge in [-0.15, -0.1) is 11.3 Å². The molecule has 0 atom stereocenters. The van der Waals surface area contributed by atoms with Crippen LogP contribution in [0.1, 0.15) is 29.4 Å². The molecule has 2 nitrogen and oxygen atoms in total. The van der Waals surface area contributed by atoms with E-state index in [1.54, 1.807) is 11.3 Å². The predicted octanol–water partition coefficient (Wildman–Crippen LogP) is 1.95. The van der Waals surface area contributed by atoms with Crippen LogP contribution in [-0.2, 0) is 5.54 Å². The van der Waals surface area contributed by atoms with Crippen molar-refractivity contribution in [1.29, 1.82) is 0 Å². The van der Waals surface area contributed by atoms with Crippen molar-refractivity contribution >= 4 is 11.3 Å². The number of aryl methyl sites for hydroxylation is 2. The third-order valence-electron chi connectivity index (χ3n) is 1.51. The van der Waals surface area contributed by atoms with Gasteiger partial charge < -0.3 is 5.73 Å². The van der Waals surface area contributed by atoms with E-state index in [1.165, 1.54) is 4.88 Å². The number of thiazole rings is 1. The van der Waals surface area contributed by atoms with E-state index in [9.17, 15) is 0 Å². The lowest BCUT2D eigenvalue weighted by Gasteiger charge is -2.16. The van der Waals surface area contributed by atoms with E-state index in [4.69, 9.17) is 5.73 Å². The fourth-order valence-electron chi connectivity index (χ4n) is 1.13. The van der Waals surface area contributed by atoms with Crippen LogP contribution in [0.2, 0.25) is 0 Å². The van der Waals surface area contributed by atoms with Gasteiger partial charge in [0.15, 0.2) is 0 Å². The molecule has 0 saturated heterocycles. The maximum atomic E-state index is 5.92. The van der Waals surface area contributed by atoms with E-state index < -0.39 is 0 Å². The molecular weight excluding hydrogens is 156 g/mol. The Hall–Kier alpha value is -0.410. The first-order valence-electron chi connectivity index (χ1n) is 3.64. The molecule has 1 aromatic rings. The maximum Gasteiger partial charge on any atom is 0.0900 e.